The molecule has 0 aromatic heterocycles. The molecule has 2 amide bonds. The third-order valence-corrected chi connectivity index (χ3v) is 5.27. The van der Waals surface area contributed by atoms with Crippen molar-refractivity contribution in [3.63, 3.8) is 0 Å². The highest BCUT2D eigenvalue weighted by molar-refractivity contribution is 5.93. The molecule has 1 saturated carbocycles. The third kappa shape index (κ3) is 5.93. The number of halogens is 3. The van der Waals surface area contributed by atoms with Crippen molar-refractivity contribution in [1.29, 1.82) is 5.26 Å². The second kappa shape index (κ2) is 9.45. The molecule has 2 aliphatic rings. The number of carbonyl (C=O) groups excluding carboxylic acids is 2. The van der Waals surface area contributed by atoms with Crippen LogP contribution >= 0.6 is 0 Å². The molecule has 162 valence electrons. The first-order valence-electron chi connectivity index (χ1n) is 9.85. The third-order valence-electron chi connectivity index (χ3n) is 5.27. The minimum absolute atomic E-state index is 0.0413. The largest absolute Gasteiger partial charge is 0.418 e. The summed E-state index contributed by atoms with van der Waals surface area (Å²) in [4.78, 5) is 30.1. The van der Waals surface area contributed by atoms with Gasteiger partial charge in [0.1, 0.15) is 0 Å². The maximum atomic E-state index is 13.0. The van der Waals surface area contributed by atoms with Gasteiger partial charge in [0.05, 0.1) is 37.0 Å². The monoisotopic (exact) mass is 423 g/mol. The van der Waals surface area contributed by atoms with E-state index in [4.69, 9.17) is 5.26 Å². The van der Waals surface area contributed by atoms with Crippen molar-refractivity contribution < 1.29 is 22.8 Å². The number of alkyl halides is 3. The van der Waals surface area contributed by atoms with E-state index in [-0.39, 0.29) is 31.2 Å². The van der Waals surface area contributed by atoms with E-state index in [9.17, 15) is 22.8 Å². The first-order valence-corrected chi connectivity index (χ1v) is 9.85. The highest BCUT2D eigenvalue weighted by atomic mass is 19.4. The second-order valence-electron chi connectivity index (χ2n) is 7.54. The van der Waals surface area contributed by atoms with Gasteiger partial charge in [0.2, 0.25) is 11.8 Å². The van der Waals surface area contributed by atoms with E-state index in [0.717, 1.165) is 18.9 Å². The molecule has 0 spiro atoms. The minimum Gasteiger partial charge on any atom is -0.339 e. The zero-order valence-corrected chi connectivity index (χ0v) is 16.5. The van der Waals surface area contributed by atoms with Crippen molar-refractivity contribution in [1.82, 2.24) is 14.7 Å². The zero-order chi connectivity index (χ0) is 21.7. The molecule has 1 saturated heterocycles. The number of rotatable bonds is 7. The van der Waals surface area contributed by atoms with Crippen molar-refractivity contribution in [2.45, 2.75) is 25.1 Å². The number of anilines is 1. The molecule has 7 nitrogen and oxygen atoms in total. The van der Waals surface area contributed by atoms with Crippen LogP contribution in [0.4, 0.5) is 18.9 Å². The highest BCUT2D eigenvalue weighted by Crippen LogP contribution is 2.34. The molecule has 2 fully saturated rings. The van der Waals surface area contributed by atoms with Crippen LogP contribution in [0.1, 0.15) is 18.4 Å². The minimum atomic E-state index is -4.55. The number of amides is 2. The second-order valence-corrected chi connectivity index (χ2v) is 7.54. The summed E-state index contributed by atoms with van der Waals surface area (Å²) in [6, 6.07) is 7.27. The summed E-state index contributed by atoms with van der Waals surface area (Å²) in [6.07, 6.45) is -2.53. The Kier molecular flexibility index (Phi) is 6.95. The fourth-order valence-corrected chi connectivity index (χ4v) is 3.51. The SMILES string of the molecule is N#CCN(CC(=O)N1CCN(CC(=O)Nc2ccccc2C(F)(F)F)CC1)C1CC1. The number of hydrogen-bond donors (Lipinski definition) is 1. The molecule has 0 radical (unpaired) electrons. The van der Waals surface area contributed by atoms with Crippen molar-refractivity contribution in [2.24, 2.45) is 0 Å². The summed E-state index contributed by atoms with van der Waals surface area (Å²) in [5, 5.41) is 11.2. The Morgan fingerprint density at radius 2 is 1.83 bits per heavy atom. The molecule has 3 rings (SSSR count). The molecule has 1 aromatic rings. The first-order chi connectivity index (χ1) is 14.3. The predicted octanol–water partition coefficient (Wildman–Crippen LogP) is 1.78. The number of carbonyl (C=O) groups is 2. The van der Waals surface area contributed by atoms with Crippen LogP contribution in [-0.4, -0.2) is 78.4 Å². The number of benzene rings is 1. The lowest BCUT2D eigenvalue weighted by Crippen LogP contribution is -2.52. The fourth-order valence-electron chi connectivity index (χ4n) is 3.51. The number of para-hydroxylation sites is 1. The van der Waals surface area contributed by atoms with E-state index < -0.39 is 17.6 Å². The summed E-state index contributed by atoms with van der Waals surface area (Å²) in [7, 11) is 0. The van der Waals surface area contributed by atoms with Crippen molar-refractivity contribution >= 4 is 17.5 Å². The van der Waals surface area contributed by atoms with Crippen molar-refractivity contribution in [2.75, 3.05) is 51.1 Å². The molecule has 0 bridgehead atoms. The van der Waals surface area contributed by atoms with Crippen molar-refractivity contribution in [3.8, 4) is 6.07 Å². The van der Waals surface area contributed by atoms with Gasteiger partial charge in [-0.2, -0.15) is 18.4 Å². The van der Waals surface area contributed by atoms with E-state index in [1.165, 1.54) is 18.2 Å². The van der Waals surface area contributed by atoms with Gasteiger partial charge >= 0.3 is 6.18 Å². The Bertz CT molecular complexity index is 811. The molecular formula is C20H24F3N5O2. The van der Waals surface area contributed by atoms with E-state index in [1.54, 1.807) is 4.90 Å². The molecule has 1 heterocycles. The Hall–Kier alpha value is -2.64. The summed E-state index contributed by atoms with van der Waals surface area (Å²) in [5.41, 5.74) is -1.15. The van der Waals surface area contributed by atoms with Crippen LogP contribution in [0.15, 0.2) is 24.3 Å². The number of nitrogens with one attached hydrogen (secondary N) is 1. The molecular weight excluding hydrogens is 399 g/mol. The maximum Gasteiger partial charge on any atom is 0.418 e. The molecule has 1 aromatic carbocycles. The number of nitrogens with zero attached hydrogens (tertiary/aromatic N) is 4. The van der Waals surface area contributed by atoms with Gasteiger partial charge in [0.25, 0.3) is 0 Å². The average Bonchev–Trinajstić information content (AvgIpc) is 3.53. The first kappa shape index (κ1) is 22.1. The lowest BCUT2D eigenvalue weighted by molar-refractivity contribution is -0.137. The highest BCUT2D eigenvalue weighted by Gasteiger charge is 2.34. The molecule has 1 aliphatic heterocycles. The van der Waals surface area contributed by atoms with Gasteiger partial charge in [-0.05, 0) is 25.0 Å². The maximum absolute atomic E-state index is 13.0. The molecule has 0 atom stereocenters. The quantitative estimate of drug-likeness (QED) is 0.677. The number of piperazine rings is 1. The number of nitriles is 1. The Morgan fingerprint density at radius 3 is 2.43 bits per heavy atom. The zero-order valence-electron chi connectivity index (χ0n) is 16.5. The average molecular weight is 423 g/mol. The fraction of sp³-hybridized carbons (Fsp3) is 0.550. The Balaban J connectivity index is 1.46. The summed E-state index contributed by atoms with van der Waals surface area (Å²) in [6.45, 7) is 2.20. The lowest BCUT2D eigenvalue weighted by Gasteiger charge is -2.35. The standard InChI is InChI=1S/C20H24F3N5O2/c21-20(22,23)16-3-1-2-4-17(16)25-18(29)13-26-9-11-27(12-10-26)19(30)14-28(8-7-24)15-5-6-15/h1-4,15H,5-6,8-14H2,(H,25,29). The van der Waals surface area contributed by atoms with Crippen molar-refractivity contribution in [3.05, 3.63) is 29.8 Å². The topological polar surface area (TPSA) is 79.7 Å². The normalized spacial score (nSPS) is 17.6. The van der Waals surface area contributed by atoms with Crippen LogP contribution in [0, 0.1) is 11.3 Å². The van der Waals surface area contributed by atoms with Crippen LogP contribution < -0.4 is 5.32 Å². The van der Waals surface area contributed by atoms with Gasteiger partial charge < -0.3 is 10.2 Å². The van der Waals surface area contributed by atoms with Crippen LogP contribution in [0.5, 0.6) is 0 Å². The van der Waals surface area contributed by atoms with E-state index in [0.29, 0.717) is 32.2 Å². The lowest BCUT2D eigenvalue weighted by atomic mass is 10.1. The summed E-state index contributed by atoms with van der Waals surface area (Å²) in [5.74, 6) is -0.569. The Labute approximate surface area is 173 Å². The molecule has 0 unspecified atom stereocenters. The van der Waals surface area contributed by atoms with Crippen LogP contribution in [0.2, 0.25) is 0 Å². The van der Waals surface area contributed by atoms with Crippen LogP contribution in [-0.2, 0) is 15.8 Å². The predicted molar refractivity (Wildman–Crippen MR) is 103 cm³/mol. The smallest absolute Gasteiger partial charge is 0.339 e. The van der Waals surface area contributed by atoms with Gasteiger partial charge in [-0.25, -0.2) is 0 Å². The van der Waals surface area contributed by atoms with Gasteiger partial charge in [-0.1, -0.05) is 12.1 Å². The van der Waals surface area contributed by atoms with Gasteiger partial charge in [-0.15, -0.1) is 0 Å². The van der Waals surface area contributed by atoms with Gasteiger partial charge in [-0.3, -0.25) is 19.4 Å². The molecule has 30 heavy (non-hydrogen) atoms. The summed E-state index contributed by atoms with van der Waals surface area (Å²) < 4.78 is 39.1. The van der Waals surface area contributed by atoms with E-state index in [1.807, 2.05) is 9.80 Å². The van der Waals surface area contributed by atoms with E-state index in [2.05, 4.69) is 11.4 Å². The molecule has 1 aliphatic carbocycles. The number of hydrogen-bond acceptors (Lipinski definition) is 5. The molecule has 10 heteroatoms. The van der Waals surface area contributed by atoms with Gasteiger partial charge in [0.15, 0.2) is 0 Å². The van der Waals surface area contributed by atoms with Crippen LogP contribution in [0.3, 0.4) is 0 Å². The Morgan fingerprint density at radius 1 is 1.17 bits per heavy atom. The van der Waals surface area contributed by atoms with E-state index >= 15 is 0 Å². The van der Waals surface area contributed by atoms with Gasteiger partial charge in [0, 0.05) is 32.2 Å². The summed E-state index contributed by atoms with van der Waals surface area (Å²) >= 11 is 0. The molecule has 1 N–H and O–H groups in total. The van der Waals surface area contributed by atoms with Crippen LogP contribution in [0.25, 0.3) is 0 Å².